The summed E-state index contributed by atoms with van der Waals surface area (Å²) in [4.78, 5) is 0. The molecule has 1 aliphatic rings. The number of nitrogens with two attached hydrogens (primary N) is 1. The zero-order valence-corrected chi connectivity index (χ0v) is 17.1. The molecule has 0 heterocycles. The summed E-state index contributed by atoms with van der Waals surface area (Å²) in [5.41, 5.74) is -4.33. The number of anilines is 1. The van der Waals surface area contributed by atoms with E-state index < -0.39 is 15.5 Å². The van der Waals surface area contributed by atoms with E-state index in [1.54, 1.807) is 19.9 Å². The molecule has 1 fully saturated rings. The van der Waals surface area contributed by atoms with Crippen molar-refractivity contribution >= 4 is 21.4 Å². The maximum absolute atomic E-state index is 12.9. The summed E-state index contributed by atoms with van der Waals surface area (Å²) >= 11 is 0. The number of benzene rings is 1. The summed E-state index contributed by atoms with van der Waals surface area (Å²) < 4.78 is 62.1. The van der Waals surface area contributed by atoms with Crippen LogP contribution in [0.4, 0.5) is 18.9 Å². The van der Waals surface area contributed by atoms with Gasteiger partial charge in [-0.3, -0.25) is 5.01 Å². The molecule has 2 rings (SSSR count). The van der Waals surface area contributed by atoms with Gasteiger partial charge in [0.25, 0.3) is 0 Å². The first-order valence-corrected chi connectivity index (χ1v) is 10.7. The quantitative estimate of drug-likeness (QED) is 0.430. The summed E-state index contributed by atoms with van der Waals surface area (Å²) in [6.45, 7) is 6.03. The van der Waals surface area contributed by atoms with Crippen LogP contribution >= 0.6 is 0 Å². The minimum absolute atomic E-state index is 0.211. The van der Waals surface area contributed by atoms with Crippen molar-refractivity contribution in [3.05, 3.63) is 29.3 Å². The van der Waals surface area contributed by atoms with Gasteiger partial charge < -0.3 is 0 Å². The van der Waals surface area contributed by atoms with Crippen LogP contribution in [0.15, 0.2) is 23.3 Å². The van der Waals surface area contributed by atoms with Gasteiger partial charge in [0.2, 0.25) is 0 Å². The second-order valence-corrected chi connectivity index (χ2v) is 8.81. The lowest BCUT2D eigenvalue weighted by Gasteiger charge is -2.32. The minimum atomic E-state index is -5.71. The van der Waals surface area contributed by atoms with Gasteiger partial charge in [0, 0.05) is 18.2 Å². The van der Waals surface area contributed by atoms with Crippen molar-refractivity contribution in [2.75, 3.05) is 11.0 Å². The fraction of sp³-hybridized carbons (Fsp3) is 0.611. The number of aryl methyl sites for hydroxylation is 1. The standard InChI is InChI=1S/C18H27F3N4O2S/c1-4-24(15-8-6-5-7-9-15)23-14(3)16-12-13(2)10-11-17(16)25(22)28(26,27)18(19,20)21/h10-12,15H,4-9,22H2,1-3H3/b23-14+. The van der Waals surface area contributed by atoms with Gasteiger partial charge in [0.15, 0.2) is 0 Å². The Balaban J connectivity index is 2.45. The van der Waals surface area contributed by atoms with Crippen molar-refractivity contribution < 1.29 is 21.6 Å². The molecule has 0 spiro atoms. The molecule has 1 saturated carbocycles. The fourth-order valence-corrected chi connectivity index (χ4v) is 4.05. The summed E-state index contributed by atoms with van der Waals surface area (Å²) in [6.07, 6.45) is 5.45. The van der Waals surface area contributed by atoms with Crippen LogP contribution in [-0.4, -0.2) is 37.2 Å². The van der Waals surface area contributed by atoms with E-state index in [0.717, 1.165) is 31.2 Å². The average Bonchev–Trinajstić information content (AvgIpc) is 2.65. The smallest absolute Gasteiger partial charge is 0.294 e. The largest absolute Gasteiger partial charge is 0.518 e. The maximum atomic E-state index is 12.9. The number of hydrazine groups is 1. The van der Waals surface area contributed by atoms with Crippen LogP contribution in [0.5, 0.6) is 0 Å². The van der Waals surface area contributed by atoms with Crippen LogP contribution in [0.3, 0.4) is 0 Å². The van der Waals surface area contributed by atoms with E-state index in [1.807, 2.05) is 11.9 Å². The Labute approximate surface area is 164 Å². The van der Waals surface area contributed by atoms with Gasteiger partial charge in [-0.1, -0.05) is 30.9 Å². The molecule has 1 aromatic carbocycles. The molecule has 0 saturated heterocycles. The highest BCUT2D eigenvalue weighted by Crippen LogP contribution is 2.31. The van der Waals surface area contributed by atoms with E-state index >= 15 is 0 Å². The van der Waals surface area contributed by atoms with E-state index in [1.165, 1.54) is 18.6 Å². The molecule has 158 valence electrons. The van der Waals surface area contributed by atoms with E-state index in [4.69, 9.17) is 5.84 Å². The van der Waals surface area contributed by atoms with Gasteiger partial charge in [-0.05, 0) is 45.7 Å². The number of hydrogen-bond acceptors (Lipinski definition) is 5. The number of hydrazone groups is 1. The minimum Gasteiger partial charge on any atom is -0.294 e. The number of rotatable bonds is 6. The normalized spacial score (nSPS) is 16.9. The van der Waals surface area contributed by atoms with Crippen LogP contribution < -0.4 is 10.3 Å². The molecule has 0 unspecified atom stereocenters. The first-order chi connectivity index (χ1) is 13.0. The van der Waals surface area contributed by atoms with Crippen molar-refractivity contribution in [3.63, 3.8) is 0 Å². The van der Waals surface area contributed by atoms with E-state index in [0.29, 0.717) is 12.3 Å². The third-order valence-electron chi connectivity index (χ3n) is 4.93. The molecule has 0 bridgehead atoms. The zero-order valence-electron chi connectivity index (χ0n) is 16.3. The van der Waals surface area contributed by atoms with Crippen LogP contribution in [-0.2, 0) is 10.0 Å². The van der Waals surface area contributed by atoms with Gasteiger partial charge >= 0.3 is 15.5 Å². The van der Waals surface area contributed by atoms with Gasteiger partial charge in [0.05, 0.1) is 11.4 Å². The Morgan fingerprint density at radius 3 is 2.39 bits per heavy atom. The van der Waals surface area contributed by atoms with Crippen LogP contribution in [0.1, 0.15) is 57.1 Å². The summed E-state index contributed by atoms with van der Waals surface area (Å²) in [7, 11) is -5.71. The molecule has 6 nitrogen and oxygen atoms in total. The van der Waals surface area contributed by atoms with E-state index in [9.17, 15) is 21.6 Å². The SMILES string of the molecule is CCN(/N=C(\C)c1cc(C)ccc1N(N)S(=O)(=O)C(F)(F)F)C1CCCCC1. The highest BCUT2D eigenvalue weighted by atomic mass is 32.2. The molecule has 0 aliphatic heterocycles. The third-order valence-corrected chi connectivity index (χ3v) is 6.23. The highest BCUT2D eigenvalue weighted by Gasteiger charge is 2.50. The summed E-state index contributed by atoms with van der Waals surface area (Å²) in [5, 5.41) is 6.54. The number of nitrogens with zero attached hydrogens (tertiary/aromatic N) is 3. The fourth-order valence-electron chi connectivity index (χ4n) is 3.41. The Bertz CT molecular complexity index is 819. The molecule has 0 radical (unpaired) electrons. The van der Waals surface area contributed by atoms with Crippen LogP contribution in [0, 0.1) is 6.92 Å². The Morgan fingerprint density at radius 1 is 1.25 bits per heavy atom. The van der Waals surface area contributed by atoms with E-state index in [2.05, 4.69) is 5.10 Å². The molecule has 28 heavy (non-hydrogen) atoms. The average molecular weight is 421 g/mol. The number of alkyl halides is 3. The monoisotopic (exact) mass is 420 g/mol. The van der Waals surface area contributed by atoms with Crippen molar-refractivity contribution in [1.82, 2.24) is 5.01 Å². The second kappa shape index (κ2) is 8.69. The highest BCUT2D eigenvalue weighted by molar-refractivity contribution is 7.93. The van der Waals surface area contributed by atoms with E-state index in [-0.39, 0.29) is 21.7 Å². The van der Waals surface area contributed by atoms with Gasteiger partial charge in [0.1, 0.15) is 0 Å². The topological polar surface area (TPSA) is 79.0 Å². The van der Waals surface area contributed by atoms with Crippen molar-refractivity contribution in [3.8, 4) is 0 Å². The lowest BCUT2D eigenvalue weighted by molar-refractivity contribution is -0.0438. The molecule has 0 amide bonds. The summed E-state index contributed by atoms with van der Waals surface area (Å²) in [6, 6.07) is 4.64. The number of hydrogen-bond donors (Lipinski definition) is 1. The molecule has 10 heteroatoms. The van der Waals surface area contributed by atoms with Crippen LogP contribution in [0.25, 0.3) is 0 Å². The van der Waals surface area contributed by atoms with Gasteiger partial charge in [-0.15, -0.1) is 0 Å². The molecular formula is C18H27F3N4O2S. The van der Waals surface area contributed by atoms with Crippen molar-refractivity contribution in [2.24, 2.45) is 10.9 Å². The Hall–Kier alpha value is -1.81. The maximum Gasteiger partial charge on any atom is 0.518 e. The van der Waals surface area contributed by atoms with Crippen molar-refractivity contribution in [2.45, 2.75) is 64.4 Å². The molecular weight excluding hydrogens is 393 g/mol. The van der Waals surface area contributed by atoms with Gasteiger partial charge in [-0.2, -0.15) is 31.1 Å². The van der Waals surface area contributed by atoms with Gasteiger partial charge in [-0.25, -0.2) is 5.84 Å². The molecule has 0 aromatic heterocycles. The zero-order chi connectivity index (χ0) is 21.1. The number of sulfonamides is 1. The third kappa shape index (κ3) is 4.78. The molecule has 2 N–H and O–H groups in total. The number of halogens is 3. The predicted octanol–water partition coefficient (Wildman–Crippen LogP) is 3.90. The van der Waals surface area contributed by atoms with Crippen molar-refractivity contribution in [1.29, 1.82) is 0 Å². The lowest BCUT2D eigenvalue weighted by Crippen LogP contribution is -2.46. The summed E-state index contributed by atoms with van der Waals surface area (Å²) in [5.74, 6) is 5.41. The van der Waals surface area contributed by atoms with Crippen LogP contribution in [0.2, 0.25) is 0 Å². The first-order valence-electron chi connectivity index (χ1n) is 9.28. The lowest BCUT2D eigenvalue weighted by atomic mass is 9.95. The first kappa shape index (κ1) is 22.5. The predicted molar refractivity (Wildman–Crippen MR) is 104 cm³/mol. The Kier molecular flexibility index (Phi) is 6.97. The second-order valence-electron chi connectivity index (χ2n) is 7.00. The molecule has 0 atom stereocenters. The Morgan fingerprint density at radius 2 is 1.86 bits per heavy atom. The molecule has 1 aliphatic carbocycles. The molecule has 1 aromatic rings.